The maximum Gasteiger partial charge on any atom is 0.258 e. The molecule has 108 valence electrons. The molecule has 1 atom stereocenters. The molecule has 20 heavy (non-hydrogen) atoms. The molecule has 0 aromatic carbocycles. The first-order valence-electron chi connectivity index (χ1n) is 6.78. The van der Waals surface area contributed by atoms with Crippen LogP contribution in [0.25, 0.3) is 11.5 Å². The van der Waals surface area contributed by atoms with Crippen molar-refractivity contribution in [2.75, 3.05) is 19.6 Å². The quantitative estimate of drug-likeness (QED) is 0.911. The molecular weight excluding hydrogens is 340 g/mol. The van der Waals surface area contributed by atoms with Crippen LogP contribution < -0.4 is 5.73 Å². The Bertz CT molecular complexity index is 564. The first kappa shape index (κ1) is 14.2. The molecule has 7 heteroatoms. The number of nitrogens with two attached hydrogens (primary N) is 1. The monoisotopic (exact) mass is 356 g/mol. The van der Waals surface area contributed by atoms with Crippen LogP contribution in [0.5, 0.6) is 0 Å². The van der Waals surface area contributed by atoms with Crippen LogP contribution in [-0.4, -0.2) is 34.7 Å². The molecule has 1 unspecified atom stereocenters. The number of halogens is 1. The zero-order valence-electron chi connectivity index (χ0n) is 11.1. The molecule has 0 aliphatic carbocycles. The van der Waals surface area contributed by atoms with E-state index in [2.05, 4.69) is 31.0 Å². The Hall–Kier alpha value is -0.760. The summed E-state index contributed by atoms with van der Waals surface area (Å²) in [6.45, 7) is 3.04. The lowest BCUT2D eigenvalue weighted by Gasteiger charge is -2.27. The van der Waals surface area contributed by atoms with Crippen LogP contribution in [0.3, 0.4) is 0 Å². The van der Waals surface area contributed by atoms with Gasteiger partial charge in [0.05, 0.1) is 15.4 Å². The lowest BCUT2D eigenvalue weighted by Crippen LogP contribution is -2.36. The van der Waals surface area contributed by atoms with Crippen LogP contribution in [0.1, 0.15) is 31.1 Å². The third kappa shape index (κ3) is 3.28. The largest absolute Gasteiger partial charge is 0.334 e. The summed E-state index contributed by atoms with van der Waals surface area (Å²) in [6, 6.07) is 1.78. The first-order chi connectivity index (χ1) is 9.72. The van der Waals surface area contributed by atoms with E-state index in [1.807, 2.05) is 11.4 Å². The standard InChI is InChI=1S/C13H17BrN4OS/c14-11-6-9(8-20-11)13-16-12(17-19-13)10(15)7-18-4-2-1-3-5-18/h6,8,10H,1-5,7,15H2. The first-order valence-corrected chi connectivity index (χ1v) is 8.45. The number of thiophene rings is 1. The van der Waals surface area contributed by atoms with Crippen LogP contribution in [0, 0.1) is 0 Å². The smallest absolute Gasteiger partial charge is 0.258 e. The lowest BCUT2D eigenvalue weighted by molar-refractivity contribution is 0.213. The third-order valence-electron chi connectivity index (χ3n) is 3.49. The summed E-state index contributed by atoms with van der Waals surface area (Å²) in [7, 11) is 0. The number of piperidine rings is 1. The second kappa shape index (κ2) is 6.34. The van der Waals surface area contributed by atoms with Gasteiger partial charge in [-0.25, -0.2) is 0 Å². The van der Waals surface area contributed by atoms with Crippen LogP contribution >= 0.6 is 27.3 Å². The second-order valence-corrected chi connectivity index (χ2v) is 7.36. The molecule has 3 rings (SSSR count). The fraction of sp³-hybridized carbons (Fsp3) is 0.538. The van der Waals surface area contributed by atoms with Gasteiger partial charge in [-0.3, -0.25) is 0 Å². The lowest BCUT2D eigenvalue weighted by atomic mass is 10.1. The minimum absolute atomic E-state index is 0.187. The van der Waals surface area contributed by atoms with Gasteiger partial charge in [-0.15, -0.1) is 11.3 Å². The molecule has 0 bridgehead atoms. The molecule has 1 aliphatic rings. The molecular formula is C13H17BrN4OS. The number of hydrogen-bond acceptors (Lipinski definition) is 6. The van der Waals surface area contributed by atoms with E-state index >= 15 is 0 Å². The van der Waals surface area contributed by atoms with Crippen molar-refractivity contribution in [3.8, 4) is 11.5 Å². The molecule has 1 fully saturated rings. The van der Waals surface area contributed by atoms with E-state index in [1.165, 1.54) is 19.3 Å². The Morgan fingerprint density at radius 2 is 2.20 bits per heavy atom. The summed E-state index contributed by atoms with van der Waals surface area (Å²) in [5.74, 6) is 1.13. The van der Waals surface area contributed by atoms with Gasteiger partial charge in [-0.2, -0.15) is 4.98 Å². The minimum Gasteiger partial charge on any atom is -0.334 e. The van der Waals surface area contributed by atoms with Crippen molar-refractivity contribution < 1.29 is 4.52 Å². The van der Waals surface area contributed by atoms with E-state index in [0.717, 1.165) is 29.0 Å². The van der Waals surface area contributed by atoms with Gasteiger partial charge in [0.15, 0.2) is 5.82 Å². The van der Waals surface area contributed by atoms with Gasteiger partial charge in [-0.1, -0.05) is 11.6 Å². The molecule has 2 N–H and O–H groups in total. The summed E-state index contributed by atoms with van der Waals surface area (Å²) >= 11 is 5.02. The average Bonchev–Trinajstić information content (AvgIpc) is 3.08. The van der Waals surface area contributed by atoms with Gasteiger partial charge in [0.1, 0.15) is 0 Å². The zero-order valence-corrected chi connectivity index (χ0v) is 13.5. The van der Waals surface area contributed by atoms with Crippen molar-refractivity contribution in [3.05, 3.63) is 21.1 Å². The summed E-state index contributed by atoms with van der Waals surface area (Å²) < 4.78 is 6.35. The Labute approximate surface area is 130 Å². The third-order valence-corrected chi connectivity index (χ3v) is 5.00. The highest BCUT2D eigenvalue weighted by molar-refractivity contribution is 9.11. The highest BCUT2D eigenvalue weighted by atomic mass is 79.9. The molecule has 5 nitrogen and oxygen atoms in total. The Balaban J connectivity index is 1.66. The summed E-state index contributed by atoms with van der Waals surface area (Å²) in [5.41, 5.74) is 7.13. The molecule has 2 aromatic heterocycles. The molecule has 1 saturated heterocycles. The average molecular weight is 357 g/mol. The van der Waals surface area contributed by atoms with Crippen molar-refractivity contribution in [2.24, 2.45) is 5.73 Å². The van der Waals surface area contributed by atoms with E-state index in [9.17, 15) is 0 Å². The zero-order chi connectivity index (χ0) is 13.9. The number of nitrogens with zero attached hydrogens (tertiary/aromatic N) is 3. The highest BCUT2D eigenvalue weighted by Crippen LogP contribution is 2.28. The predicted molar refractivity (Wildman–Crippen MR) is 82.5 cm³/mol. The van der Waals surface area contributed by atoms with E-state index in [0.29, 0.717) is 11.7 Å². The van der Waals surface area contributed by atoms with Crippen molar-refractivity contribution in [1.82, 2.24) is 15.0 Å². The Morgan fingerprint density at radius 3 is 2.90 bits per heavy atom. The molecule has 3 heterocycles. The van der Waals surface area contributed by atoms with Crippen LogP contribution in [0.15, 0.2) is 19.8 Å². The molecule has 1 aliphatic heterocycles. The highest BCUT2D eigenvalue weighted by Gasteiger charge is 2.20. The van der Waals surface area contributed by atoms with Gasteiger partial charge in [0.25, 0.3) is 5.89 Å². The van der Waals surface area contributed by atoms with Gasteiger partial charge < -0.3 is 15.2 Å². The van der Waals surface area contributed by atoms with Gasteiger partial charge in [0.2, 0.25) is 0 Å². The maximum atomic E-state index is 6.19. The molecule has 0 spiro atoms. The van der Waals surface area contributed by atoms with Crippen molar-refractivity contribution in [3.63, 3.8) is 0 Å². The summed E-state index contributed by atoms with van der Waals surface area (Å²) in [5, 5.41) is 6.00. The Kier molecular flexibility index (Phi) is 4.50. The fourth-order valence-electron chi connectivity index (χ4n) is 2.43. The maximum absolute atomic E-state index is 6.19. The summed E-state index contributed by atoms with van der Waals surface area (Å²) in [6.07, 6.45) is 3.84. The van der Waals surface area contributed by atoms with E-state index in [-0.39, 0.29) is 6.04 Å². The minimum atomic E-state index is -0.187. The SMILES string of the molecule is NC(CN1CCCCC1)c1noc(-c2csc(Br)c2)n1. The van der Waals surface area contributed by atoms with Crippen molar-refractivity contribution in [1.29, 1.82) is 0 Å². The summed E-state index contributed by atoms with van der Waals surface area (Å²) in [4.78, 5) is 6.80. The molecule has 2 aromatic rings. The van der Waals surface area contributed by atoms with Crippen LogP contribution in [0.2, 0.25) is 0 Å². The van der Waals surface area contributed by atoms with Crippen molar-refractivity contribution >= 4 is 27.3 Å². The predicted octanol–water partition coefficient (Wildman–Crippen LogP) is 3.05. The van der Waals surface area contributed by atoms with Crippen LogP contribution in [0.4, 0.5) is 0 Å². The number of aromatic nitrogens is 2. The van der Waals surface area contributed by atoms with E-state index in [4.69, 9.17) is 10.3 Å². The van der Waals surface area contributed by atoms with E-state index in [1.54, 1.807) is 11.3 Å². The van der Waals surface area contributed by atoms with Crippen LogP contribution in [-0.2, 0) is 0 Å². The van der Waals surface area contributed by atoms with Gasteiger partial charge in [0, 0.05) is 11.9 Å². The molecule has 0 saturated carbocycles. The Morgan fingerprint density at radius 1 is 1.40 bits per heavy atom. The number of rotatable bonds is 4. The number of likely N-dealkylation sites (tertiary alicyclic amines) is 1. The van der Waals surface area contributed by atoms with Gasteiger partial charge >= 0.3 is 0 Å². The topological polar surface area (TPSA) is 68.2 Å². The molecule has 0 amide bonds. The second-order valence-electron chi connectivity index (χ2n) is 5.06. The van der Waals surface area contributed by atoms with E-state index < -0.39 is 0 Å². The number of hydrogen-bond donors (Lipinski definition) is 1. The molecule has 0 radical (unpaired) electrons. The normalized spacial score (nSPS) is 18.3. The van der Waals surface area contributed by atoms with Gasteiger partial charge in [-0.05, 0) is 47.9 Å². The fourth-order valence-corrected chi connectivity index (χ4v) is 3.56. The van der Waals surface area contributed by atoms with Crippen molar-refractivity contribution in [2.45, 2.75) is 25.3 Å².